The van der Waals surface area contributed by atoms with Gasteiger partial charge in [-0.2, -0.15) is 0 Å². The van der Waals surface area contributed by atoms with Crippen molar-refractivity contribution in [1.29, 1.82) is 0 Å². The number of alkyl carbamates (subject to hydrolysis) is 1. The molecule has 0 saturated heterocycles. The van der Waals surface area contributed by atoms with Crippen molar-refractivity contribution in [1.82, 2.24) is 5.32 Å². The van der Waals surface area contributed by atoms with Crippen LogP contribution >= 0.6 is 0 Å². The molecule has 0 radical (unpaired) electrons. The van der Waals surface area contributed by atoms with Gasteiger partial charge in [-0.15, -0.1) is 0 Å². The number of hydrogen-bond donors (Lipinski definition) is 2. The molecular weight excluding hydrogens is 306 g/mol. The highest BCUT2D eigenvalue weighted by molar-refractivity contribution is 5.80. The van der Waals surface area contributed by atoms with Crippen LogP contribution in [0.25, 0.3) is 0 Å². The van der Waals surface area contributed by atoms with E-state index >= 15 is 0 Å². The molecule has 1 atom stereocenters. The van der Waals surface area contributed by atoms with Gasteiger partial charge in [0.05, 0.1) is 0 Å². The first kappa shape index (κ1) is 17.6. The summed E-state index contributed by atoms with van der Waals surface area (Å²) in [6.45, 7) is 7.60. The van der Waals surface area contributed by atoms with Crippen molar-refractivity contribution in [2.24, 2.45) is 29.1 Å². The van der Waals surface area contributed by atoms with Gasteiger partial charge in [0.25, 0.3) is 0 Å². The Kier molecular flexibility index (Phi) is 4.33. The standard InChI is InChI=1S/C19H31NO4/c1-11(2)15(16(21)22)20-17(23)24-18(3,4)19-8-12-5-13(9-19)7-14(6-12)10-19/h11-15H,5-10H2,1-4H3,(H,20,23)(H,21,22). The Morgan fingerprint density at radius 2 is 1.54 bits per heavy atom. The lowest BCUT2D eigenvalue weighted by molar-refractivity contribution is -0.163. The molecule has 4 aliphatic rings. The van der Waals surface area contributed by atoms with Crippen LogP contribution in [0.1, 0.15) is 66.2 Å². The van der Waals surface area contributed by atoms with Gasteiger partial charge in [0, 0.05) is 5.41 Å². The van der Waals surface area contributed by atoms with E-state index in [1.807, 2.05) is 13.8 Å². The van der Waals surface area contributed by atoms with E-state index in [0.717, 1.165) is 37.0 Å². The van der Waals surface area contributed by atoms with E-state index in [0.29, 0.717) is 0 Å². The second-order valence-electron chi connectivity index (χ2n) is 9.30. The first-order chi connectivity index (χ1) is 11.1. The molecule has 5 nitrogen and oxygen atoms in total. The highest BCUT2D eigenvalue weighted by Gasteiger charge is 2.58. The van der Waals surface area contributed by atoms with E-state index in [4.69, 9.17) is 4.74 Å². The number of carboxylic acids is 1. The topological polar surface area (TPSA) is 75.6 Å². The maximum Gasteiger partial charge on any atom is 0.408 e. The van der Waals surface area contributed by atoms with Crippen LogP contribution in [-0.4, -0.2) is 28.8 Å². The van der Waals surface area contributed by atoms with Crippen LogP contribution in [0.4, 0.5) is 4.79 Å². The Morgan fingerprint density at radius 3 is 1.92 bits per heavy atom. The molecule has 0 heterocycles. The molecule has 0 spiro atoms. The van der Waals surface area contributed by atoms with Crippen molar-refractivity contribution in [2.45, 2.75) is 77.9 Å². The first-order valence-electron chi connectivity index (χ1n) is 9.34. The summed E-state index contributed by atoms with van der Waals surface area (Å²) in [7, 11) is 0. The number of ether oxygens (including phenoxy) is 1. The lowest BCUT2D eigenvalue weighted by Crippen LogP contribution is -2.58. The van der Waals surface area contributed by atoms with Crippen molar-refractivity contribution >= 4 is 12.1 Å². The Labute approximate surface area is 144 Å². The molecule has 5 heteroatoms. The third-order valence-electron chi connectivity index (χ3n) is 6.87. The Hall–Kier alpha value is -1.26. The van der Waals surface area contributed by atoms with Crippen LogP contribution in [0.3, 0.4) is 0 Å². The molecule has 0 aromatic carbocycles. The van der Waals surface area contributed by atoms with Gasteiger partial charge in [0.15, 0.2) is 0 Å². The van der Waals surface area contributed by atoms with E-state index in [2.05, 4.69) is 5.32 Å². The molecule has 0 aliphatic heterocycles. The van der Waals surface area contributed by atoms with E-state index in [-0.39, 0.29) is 11.3 Å². The molecule has 24 heavy (non-hydrogen) atoms. The van der Waals surface area contributed by atoms with Gasteiger partial charge >= 0.3 is 12.1 Å². The summed E-state index contributed by atoms with van der Waals surface area (Å²) in [5.41, 5.74) is -0.497. The lowest BCUT2D eigenvalue weighted by atomic mass is 9.46. The third kappa shape index (κ3) is 3.02. The zero-order chi connectivity index (χ0) is 17.7. The Bertz CT molecular complexity index is 490. The minimum atomic E-state index is -1.02. The SMILES string of the molecule is CC(C)C(NC(=O)OC(C)(C)C12CC3CC(CC(C3)C1)C2)C(=O)O. The molecule has 136 valence electrons. The number of carboxylic acid groups (broad SMARTS) is 1. The van der Waals surface area contributed by atoms with Crippen molar-refractivity contribution in [3.8, 4) is 0 Å². The van der Waals surface area contributed by atoms with Gasteiger partial charge in [0.1, 0.15) is 11.6 Å². The number of aliphatic carboxylic acids is 1. The second kappa shape index (κ2) is 5.92. The van der Waals surface area contributed by atoms with Crippen LogP contribution in [0, 0.1) is 29.1 Å². The Balaban J connectivity index is 1.69. The third-order valence-corrected chi connectivity index (χ3v) is 6.87. The summed E-state index contributed by atoms with van der Waals surface area (Å²) in [5.74, 6) is 1.14. The summed E-state index contributed by atoms with van der Waals surface area (Å²) in [4.78, 5) is 23.7. The fourth-order valence-corrected chi connectivity index (χ4v) is 5.86. The van der Waals surface area contributed by atoms with Crippen LogP contribution in [-0.2, 0) is 9.53 Å². The molecule has 4 rings (SSSR count). The van der Waals surface area contributed by atoms with Gasteiger partial charge in [-0.05, 0) is 76.0 Å². The fraction of sp³-hybridized carbons (Fsp3) is 0.895. The highest BCUT2D eigenvalue weighted by atomic mass is 16.6. The summed E-state index contributed by atoms with van der Waals surface area (Å²) in [6, 6.07) is -0.912. The van der Waals surface area contributed by atoms with E-state index in [1.54, 1.807) is 13.8 Å². The summed E-state index contributed by atoms with van der Waals surface area (Å²) in [6.07, 6.45) is 6.86. The largest absolute Gasteiger partial charge is 0.480 e. The molecule has 0 aromatic heterocycles. The van der Waals surface area contributed by atoms with E-state index in [1.165, 1.54) is 19.3 Å². The number of carbonyl (C=O) groups excluding carboxylic acids is 1. The minimum Gasteiger partial charge on any atom is -0.480 e. The van der Waals surface area contributed by atoms with Crippen molar-refractivity contribution in [3.05, 3.63) is 0 Å². The first-order valence-corrected chi connectivity index (χ1v) is 9.34. The number of hydrogen-bond acceptors (Lipinski definition) is 3. The quantitative estimate of drug-likeness (QED) is 0.800. The van der Waals surface area contributed by atoms with Gasteiger partial charge in [-0.3, -0.25) is 0 Å². The summed E-state index contributed by atoms with van der Waals surface area (Å²) in [5, 5.41) is 11.8. The number of amides is 1. The second-order valence-corrected chi connectivity index (χ2v) is 9.30. The molecule has 0 aromatic rings. The molecule has 4 saturated carbocycles. The number of rotatable bonds is 5. The number of carbonyl (C=O) groups is 2. The monoisotopic (exact) mass is 337 g/mol. The van der Waals surface area contributed by atoms with Crippen LogP contribution < -0.4 is 5.32 Å². The predicted molar refractivity (Wildman–Crippen MR) is 90.6 cm³/mol. The molecule has 4 fully saturated rings. The Morgan fingerprint density at radius 1 is 1.08 bits per heavy atom. The fourth-order valence-electron chi connectivity index (χ4n) is 5.86. The molecule has 1 amide bonds. The van der Waals surface area contributed by atoms with Crippen LogP contribution in [0.5, 0.6) is 0 Å². The zero-order valence-corrected chi connectivity index (χ0v) is 15.3. The normalized spacial score (nSPS) is 35.8. The van der Waals surface area contributed by atoms with Gasteiger partial charge in [0.2, 0.25) is 0 Å². The van der Waals surface area contributed by atoms with Crippen molar-refractivity contribution in [3.63, 3.8) is 0 Å². The molecule has 1 unspecified atom stereocenters. The highest BCUT2D eigenvalue weighted by Crippen LogP contribution is 2.64. The molecule has 4 bridgehead atoms. The molecule has 2 N–H and O–H groups in total. The average Bonchev–Trinajstić information content (AvgIpc) is 2.42. The average molecular weight is 337 g/mol. The lowest BCUT2D eigenvalue weighted by Gasteiger charge is -2.61. The van der Waals surface area contributed by atoms with Gasteiger partial charge in [-0.1, -0.05) is 13.8 Å². The predicted octanol–water partition coefficient (Wildman–Crippen LogP) is 3.82. The van der Waals surface area contributed by atoms with Crippen LogP contribution in [0.15, 0.2) is 0 Å². The molecule has 4 aliphatic carbocycles. The van der Waals surface area contributed by atoms with Gasteiger partial charge in [-0.25, -0.2) is 9.59 Å². The van der Waals surface area contributed by atoms with Crippen molar-refractivity contribution in [2.75, 3.05) is 0 Å². The smallest absolute Gasteiger partial charge is 0.408 e. The van der Waals surface area contributed by atoms with E-state index < -0.39 is 23.7 Å². The summed E-state index contributed by atoms with van der Waals surface area (Å²) >= 11 is 0. The molecular formula is C19H31NO4. The minimum absolute atomic E-state index is 0.0651. The van der Waals surface area contributed by atoms with Crippen molar-refractivity contribution < 1.29 is 19.4 Å². The number of nitrogens with one attached hydrogen (secondary N) is 1. The van der Waals surface area contributed by atoms with Crippen LogP contribution in [0.2, 0.25) is 0 Å². The maximum absolute atomic E-state index is 12.4. The van der Waals surface area contributed by atoms with Gasteiger partial charge < -0.3 is 15.2 Å². The summed E-state index contributed by atoms with van der Waals surface area (Å²) < 4.78 is 5.84. The van der Waals surface area contributed by atoms with E-state index in [9.17, 15) is 14.7 Å². The maximum atomic E-state index is 12.4. The zero-order valence-electron chi connectivity index (χ0n) is 15.3.